The van der Waals surface area contributed by atoms with Crippen molar-refractivity contribution in [1.29, 1.82) is 0 Å². The quantitative estimate of drug-likeness (QED) is 0.589. The van der Waals surface area contributed by atoms with Gasteiger partial charge < -0.3 is 4.74 Å². The molecule has 0 saturated carbocycles. The van der Waals surface area contributed by atoms with Crippen molar-refractivity contribution in [2.75, 3.05) is 11.9 Å². The Morgan fingerprint density at radius 1 is 1.12 bits per heavy atom. The molecule has 2 aromatic carbocycles. The number of thiazole rings is 1. The van der Waals surface area contributed by atoms with E-state index in [1.54, 1.807) is 0 Å². The molecule has 26 heavy (non-hydrogen) atoms. The number of amides is 1. The second-order valence-corrected chi connectivity index (χ2v) is 7.98. The predicted octanol–water partition coefficient (Wildman–Crippen LogP) is 5.13. The van der Waals surface area contributed by atoms with Crippen LogP contribution >= 0.6 is 27.3 Å². The summed E-state index contributed by atoms with van der Waals surface area (Å²) in [6.07, 6.45) is 0.798. The molecular formula is C20H19BrN2O2S. The zero-order valence-corrected chi connectivity index (χ0v) is 17.0. The molecule has 0 saturated heterocycles. The molecule has 3 rings (SSSR count). The van der Waals surface area contributed by atoms with Crippen LogP contribution in [0.2, 0.25) is 0 Å². The van der Waals surface area contributed by atoms with Crippen LogP contribution in [-0.2, 0) is 11.2 Å². The van der Waals surface area contributed by atoms with E-state index in [4.69, 9.17) is 4.74 Å². The summed E-state index contributed by atoms with van der Waals surface area (Å²) in [5.74, 6) is 0.464. The first-order valence-electron chi connectivity index (χ1n) is 8.19. The maximum absolute atomic E-state index is 12.1. The first-order valence-corrected chi connectivity index (χ1v) is 9.80. The number of hydrogen-bond donors (Lipinski definition) is 1. The van der Waals surface area contributed by atoms with E-state index in [9.17, 15) is 4.79 Å². The first-order chi connectivity index (χ1) is 12.5. The van der Waals surface area contributed by atoms with Crippen LogP contribution in [-0.4, -0.2) is 17.5 Å². The number of anilines is 1. The van der Waals surface area contributed by atoms with Crippen molar-refractivity contribution in [3.8, 4) is 5.75 Å². The first kappa shape index (κ1) is 18.6. The molecule has 1 amide bonds. The number of rotatable bonds is 6. The molecule has 0 spiro atoms. The highest BCUT2D eigenvalue weighted by molar-refractivity contribution is 9.10. The predicted molar refractivity (Wildman–Crippen MR) is 109 cm³/mol. The standard InChI is InChI=1S/C20H19BrN2O2S/c1-13-3-9-17(10-4-13)25-12-19(24)23-20-22-14(2)18(26-20)11-15-5-7-16(21)8-6-15/h3-10H,11-12H2,1-2H3,(H,22,23,24). The summed E-state index contributed by atoms with van der Waals surface area (Å²) < 4.78 is 6.56. The number of benzene rings is 2. The van der Waals surface area contributed by atoms with Crippen LogP contribution in [0.1, 0.15) is 21.7 Å². The largest absolute Gasteiger partial charge is 0.484 e. The van der Waals surface area contributed by atoms with Gasteiger partial charge in [-0.2, -0.15) is 0 Å². The minimum Gasteiger partial charge on any atom is -0.484 e. The Morgan fingerprint density at radius 3 is 2.50 bits per heavy atom. The van der Waals surface area contributed by atoms with Crippen molar-refractivity contribution < 1.29 is 9.53 Å². The van der Waals surface area contributed by atoms with Crippen molar-refractivity contribution in [2.45, 2.75) is 20.3 Å². The fraction of sp³-hybridized carbons (Fsp3) is 0.200. The molecule has 3 aromatic rings. The van der Waals surface area contributed by atoms with Crippen LogP contribution in [0.4, 0.5) is 5.13 Å². The van der Waals surface area contributed by atoms with E-state index in [1.165, 1.54) is 16.9 Å². The number of halogens is 1. The van der Waals surface area contributed by atoms with Gasteiger partial charge >= 0.3 is 0 Å². The molecule has 4 nitrogen and oxygen atoms in total. The van der Waals surface area contributed by atoms with Crippen LogP contribution in [0.25, 0.3) is 0 Å². The van der Waals surface area contributed by atoms with Crippen molar-refractivity contribution in [1.82, 2.24) is 4.98 Å². The van der Waals surface area contributed by atoms with E-state index < -0.39 is 0 Å². The number of nitrogens with one attached hydrogen (secondary N) is 1. The lowest BCUT2D eigenvalue weighted by Crippen LogP contribution is -2.20. The van der Waals surface area contributed by atoms with Gasteiger partial charge in [0.05, 0.1) is 5.69 Å². The summed E-state index contributed by atoms with van der Waals surface area (Å²) in [7, 11) is 0. The molecule has 0 unspecified atom stereocenters. The number of carbonyl (C=O) groups excluding carboxylic acids is 1. The molecule has 1 N–H and O–H groups in total. The molecule has 0 aliphatic carbocycles. The average Bonchev–Trinajstić information content (AvgIpc) is 2.95. The molecule has 0 atom stereocenters. The average molecular weight is 431 g/mol. The van der Waals surface area contributed by atoms with Crippen LogP contribution in [0.15, 0.2) is 53.0 Å². The van der Waals surface area contributed by atoms with E-state index in [0.29, 0.717) is 10.9 Å². The van der Waals surface area contributed by atoms with Crippen LogP contribution < -0.4 is 10.1 Å². The van der Waals surface area contributed by atoms with Gasteiger partial charge in [-0.15, -0.1) is 11.3 Å². The molecule has 0 aliphatic rings. The smallest absolute Gasteiger partial charge is 0.264 e. The number of nitrogens with zero attached hydrogens (tertiary/aromatic N) is 1. The lowest BCUT2D eigenvalue weighted by atomic mass is 10.1. The summed E-state index contributed by atoms with van der Waals surface area (Å²) in [6.45, 7) is 3.93. The molecular weight excluding hydrogens is 412 g/mol. The lowest BCUT2D eigenvalue weighted by Gasteiger charge is -2.05. The summed E-state index contributed by atoms with van der Waals surface area (Å²) in [4.78, 5) is 17.7. The van der Waals surface area contributed by atoms with Crippen LogP contribution in [0.5, 0.6) is 5.75 Å². The second-order valence-electron chi connectivity index (χ2n) is 5.98. The number of carbonyl (C=O) groups is 1. The minimum atomic E-state index is -0.213. The highest BCUT2D eigenvalue weighted by Gasteiger charge is 2.11. The van der Waals surface area contributed by atoms with Crippen molar-refractivity contribution >= 4 is 38.3 Å². The summed E-state index contributed by atoms with van der Waals surface area (Å²) in [5, 5.41) is 3.42. The fourth-order valence-corrected chi connectivity index (χ4v) is 3.65. The monoisotopic (exact) mass is 430 g/mol. The van der Waals surface area contributed by atoms with Gasteiger partial charge in [-0.05, 0) is 43.7 Å². The van der Waals surface area contributed by atoms with Gasteiger partial charge in [0.1, 0.15) is 5.75 Å². The van der Waals surface area contributed by atoms with Crippen LogP contribution in [0, 0.1) is 13.8 Å². The molecule has 1 aromatic heterocycles. The maximum atomic E-state index is 12.1. The van der Waals surface area contributed by atoms with Gasteiger partial charge in [-0.3, -0.25) is 10.1 Å². The highest BCUT2D eigenvalue weighted by atomic mass is 79.9. The van der Waals surface area contributed by atoms with Gasteiger partial charge in [0.15, 0.2) is 11.7 Å². The van der Waals surface area contributed by atoms with Gasteiger partial charge in [0.2, 0.25) is 0 Å². The topological polar surface area (TPSA) is 51.2 Å². The molecule has 0 radical (unpaired) electrons. The Morgan fingerprint density at radius 2 is 1.81 bits per heavy atom. The van der Waals surface area contributed by atoms with Gasteiger partial charge in [0, 0.05) is 15.8 Å². The third-order valence-corrected chi connectivity index (χ3v) is 5.41. The lowest BCUT2D eigenvalue weighted by molar-refractivity contribution is -0.118. The molecule has 0 aliphatic heterocycles. The SMILES string of the molecule is Cc1ccc(OCC(=O)Nc2nc(C)c(Cc3ccc(Br)cc3)s2)cc1. The van der Waals surface area contributed by atoms with Gasteiger partial charge in [-0.25, -0.2) is 4.98 Å². The van der Waals surface area contributed by atoms with Crippen molar-refractivity contribution in [3.63, 3.8) is 0 Å². The Kier molecular flexibility index (Phi) is 6.06. The van der Waals surface area contributed by atoms with E-state index in [-0.39, 0.29) is 12.5 Å². The van der Waals surface area contributed by atoms with E-state index in [0.717, 1.165) is 27.0 Å². The Labute approximate surface area is 165 Å². The third kappa shape index (κ3) is 5.16. The van der Waals surface area contributed by atoms with E-state index >= 15 is 0 Å². The summed E-state index contributed by atoms with van der Waals surface area (Å²) >= 11 is 4.94. The maximum Gasteiger partial charge on any atom is 0.264 e. The van der Waals surface area contributed by atoms with E-state index in [1.807, 2.05) is 50.2 Å². The summed E-state index contributed by atoms with van der Waals surface area (Å²) in [6, 6.07) is 15.8. The second kappa shape index (κ2) is 8.47. The zero-order valence-electron chi connectivity index (χ0n) is 14.6. The third-order valence-electron chi connectivity index (χ3n) is 3.81. The van der Waals surface area contributed by atoms with E-state index in [2.05, 4.69) is 38.4 Å². The number of aryl methyl sites for hydroxylation is 2. The Bertz CT molecular complexity index is 889. The van der Waals surface area contributed by atoms with Crippen LogP contribution in [0.3, 0.4) is 0 Å². The molecule has 1 heterocycles. The molecule has 134 valence electrons. The van der Waals surface area contributed by atoms with Crippen molar-refractivity contribution in [2.24, 2.45) is 0 Å². The van der Waals surface area contributed by atoms with Gasteiger partial charge in [-0.1, -0.05) is 45.8 Å². The molecule has 6 heteroatoms. The molecule has 0 bridgehead atoms. The number of aromatic nitrogens is 1. The normalized spacial score (nSPS) is 10.6. The fourth-order valence-electron chi connectivity index (χ4n) is 2.37. The van der Waals surface area contributed by atoms with Crippen molar-refractivity contribution in [3.05, 3.63) is 74.7 Å². The Hall–Kier alpha value is -2.18. The number of hydrogen-bond acceptors (Lipinski definition) is 4. The van der Waals surface area contributed by atoms with Gasteiger partial charge in [0.25, 0.3) is 5.91 Å². The molecule has 0 fully saturated rings. The number of ether oxygens (including phenoxy) is 1. The Balaban J connectivity index is 1.57. The summed E-state index contributed by atoms with van der Waals surface area (Å²) in [5.41, 5.74) is 3.30. The highest BCUT2D eigenvalue weighted by Crippen LogP contribution is 2.25. The minimum absolute atomic E-state index is 0.0380. The zero-order chi connectivity index (χ0) is 18.5.